The molecule has 1 aromatic heterocycles. The molecule has 1 atom stereocenters. The molecule has 186 valence electrons. The molecular weight excluding hydrogens is 480 g/mol. The molecule has 0 saturated heterocycles. The van der Waals surface area contributed by atoms with E-state index in [1.54, 1.807) is 25.6 Å². The van der Waals surface area contributed by atoms with E-state index >= 15 is 0 Å². The predicted molar refractivity (Wildman–Crippen MR) is 149 cm³/mol. The highest BCUT2D eigenvalue weighted by Crippen LogP contribution is 2.43. The Morgan fingerprint density at radius 1 is 0.919 bits per heavy atom. The molecule has 0 saturated carbocycles. The van der Waals surface area contributed by atoms with Gasteiger partial charge in [0.2, 0.25) is 0 Å². The summed E-state index contributed by atoms with van der Waals surface area (Å²) in [5, 5.41) is 15.2. The Balaban J connectivity index is 1.51. The standard InChI is InChI=1S/C31H28N2O3S/c1-21-12-14-23(15-13-21)33-28-11-7-10-26(27(28)20-32-33)29(22-8-5-4-6-9-22)37-25-18-16-24(17-19-25)36-31(2,3)30(34)35/h4-20,29H,1-3H3,(H,34,35). The number of hydrogen-bond acceptors (Lipinski definition) is 4. The maximum Gasteiger partial charge on any atom is 0.347 e. The number of aliphatic carboxylic acids is 1. The number of hydrogen-bond donors (Lipinski definition) is 1. The van der Waals surface area contributed by atoms with Gasteiger partial charge in [0.15, 0.2) is 5.60 Å². The fourth-order valence-electron chi connectivity index (χ4n) is 4.19. The number of thioether (sulfide) groups is 1. The Hall–Kier alpha value is -4.03. The van der Waals surface area contributed by atoms with Gasteiger partial charge in [-0.05, 0) is 74.4 Å². The second-order valence-corrected chi connectivity index (χ2v) is 10.6. The number of carbonyl (C=O) groups is 1. The Bertz CT molecular complexity index is 1530. The molecule has 1 unspecified atom stereocenters. The maximum absolute atomic E-state index is 11.4. The third-order valence-electron chi connectivity index (χ3n) is 6.28. The van der Waals surface area contributed by atoms with Gasteiger partial charge in [-0.1, -0.05) is 60.2 Å². The summed E-state index contributed by atoms with van der Waals surface area (Å²) in [6.45, 7) is 5.16. The highest BCUT2D eigenvalue weighted by molar-refractivity contribution is 7.99. The van der Waals surface area contributed by atoms with Crippen molar-refractivity contribution in [2.75, 3.05) is 0 Å². The smallest absolute Gasteiger partial charge is 0.347 e. The fraction of sp³-hybridized carbons (Fsp3) is 0.161. The molecule has 0 bridgehead atoms. The molecule has 5 rings (SSSR count). The molecular formula is C31H28N2O3S. The summed E-state index contributed by atoms with van der Waals surface area (Å²) in [5.74, 6) is -0.483. The van der Waals surface area contributed by atoms with Gasteiger partial charge >= 0.3 is 5.97 Å². The van der Waals surface area contributed by atoms with Gasteiger partial charge in [0.25, 0.3) is 0 Å². The first-order chi connectivity index (χ1) is 17.8. The first-order valence-electron chi connectivity index (χ1n) is 12.1. The monoisotopic (exact) mass is 508 g/mol. The zero-order valence-electron chi connectivity index (χ0n) is 21.0. The van der Waals surface area contributed by atoms with Crippen molar-refractivity contribution in [2.24, 2.45) is 0 Å². The van der Waals surface area contributed by atoms with Gasteiger partial charge in [-0.2, -0.15) is 5.10 Å². The van der Waals surface area contributed by atoms with E-state index in [9.17, 15) is 9.90 Å². The van der Waals surface area contributed by atoms with E-state index in [2.05, 4.69) is 73.7 Å². The van der Waals surface area contributed by atoms with Crippen LogP contribution in [0, 0.1) is 6.92 Å². The molecule has 0 fully saturated rings. The molecule has 4 aromatic carbocycles. The molecule has 1 N–H and O–H groups in total. The van der Waals surface area contributed by atoms with E-state index in [1.807, 2.05) is 41.2 Å². The zero-order chi connectivity index (χ0) is 26.0. The third-order valence-corrected chi connectivity index (χ3v) is 7.58. The minimum Gasteiger partial charge on any atom is -0.478 e. The van der Waals surface area contributed by atoms with E-state index < -0.39 is 11.6 Å². The first kappa shape index (κ1) is 24.7. The number of benzene rings is 4. The normalized spacial score (nSPS) is 12.4. The van der Waals surface area contributed by atoms with Crippen LogP contribution in [0.5, 0.6) is 5.75 Å². The lowest BCUT2D eigenvalue weighted by Gasteiger charge is -2.22. The van der Waals surface area contributed by atoms with Crippen molar-refractivity contribution < 1.29 is 14.6 Å². The molecule has 0 spiro atoms. The summed E-state index contributed by atoms with van der Waals surface area (Å²) in [6, 6.07) is 32.8. The number of rotatable bonds is 8. The average molecular weight is 509 g/mol. The number of aryl methyl sites for hydroxylation is 1. The van der Waals surface area contributed by atoms with Crippen LogP contribution < -0.4 is 4.74 Å². The van der Waals surface area contributed by atoms with Gasteiger partial charge in [-0.3, -0.25) is 0 Å². The van der Waals surface area contributed by atoms with E-state index in [0.29, 0.717) is 5.75 Å². The van der Waals surface area contributed by atoms with Crippen LogP contribution in [0.15, 0.2) is 108 Å². The van der Waals surface area contributed by atoms with E-state index in [0.717, 1.165) is 21.5 Å². The SMILES string of the molecule is Cc1ccc(-n2ncc3c(C(Sc4ccc(OC(C)(C)C(=O)O)cc4)c4ccccc4)cccc32)cc1. The van der Waals surface area contributed by atoms with Crippen molar-refractivity contribution in [2.45, 2.75) is 36.5 Å². The Morgan fingerprint density at radius 2 is 1.62 bits per heavy atom. The van der Waals surface area contributed by atoms with Gasteiger partial charge < -0.3 is 9.84 Å². The quantitative estimate of drug-likeness (QED) is 0.220. The number of carboxylic acids is 1. The molecule has 0 amide bonds. The van der Waals surface area contributed by atoms with Crippen molar-refractivity contribution in [3.05, 3.63) is 120 Å². The summed E-state index contributed by atoms with van der Waals surface area (Å²) in [5.41, 5.74) is 4.37. The summed E-state index contributed by atoms with van der Waals surface area (Å²) < 4.78 is 7.67. The Kier molecular flexibility index (Phi) is 6.76. The summed E-state index contributed by atoms with van der Waals surface area (Å²) in [4.78, 5) is 12.5. The summed E-state index contributed by atoms with van der Waals surface area (Å²) >= 11 is 1.74. The summed E-state index contributed by atoms with van der Waals surface area (Å²) in [6.07, 6.45) is 1.95. The Morgan fingerprint density at radius 3 is 2.30 bits per heavy atom. The zero-order valence-corrected chi connectivity index (χ0v) is 21.8. The van der Waals surface area contributed by atoms with Crippen LogP contribution in [0.3, 0.4) is 0 Å². The van der Waals surface area contributed by atoms with Gasteiger partial charge in [-0.15, -0.1) is 11.8 Å². The molecule has 5 aromatic rings. The van der Waals surface area contributed by atoms with Crippen LogP contribution in [0.1, 0.15) is 35.8 Å². The minimum atomic E-state index is -1.30. The topological polar surface area (TPSA) is 64.4 Å². The number of ether oxygens (including phenoxy) is 1. The van der Waals surface area contributed by atoms with Gasteiger partial charge in [0.05, 0.1) is 22.7 Å². The van der Waals surface area contributed by atoms with Crippen molar-refractivity contribution in [3.8, 4) is 11.4 Å². The number of aromatic nitrogens is 2. The van der Waals surface area contributed by atoms with Crippen LogP contribution in [0.2, 0.25) is 0 Å². The lowest BCUT2D eigenvalue weighted by Crippen LogP contribution is -2.37. The van der Waals surface area contributed by atoms with Crippen LogP contribution in [0.25, 0.3) is 16.6 Å². The van der Waals surface area contributed by atoms with Gasteiger partial charge in [-0.25, -0.2) is 9.48 Å². The highest BCUT2D eigenvalue weighted by Gasteiger charge is 2.29. The van der Waals surface area contributed by atoms with Crippen molar-refractivity contribution in [1.82, 2.24) is 9.78 Å². The largest absolute Gasteiger partial charge is 0.478 e. The maximum atomic E-state index is 11.4. The first-order valence-corrected chi connectivity index (χ1v) is 13.0. The number of fused-ring (bicyclic) bond motifs is 1. The molecule has 5 nitrogen and oxygen atoms in total. The molecule has 0 aliphatic carbocycles. The summed E-state index contributed by atoms with van der Waals surface area (Å²) in [7, 11) is 0. The second kappa shape index (κ2) is 10.1. The van der Waals surface area contributed by atoms with Crippen molar-refractivity contribution in [3.63, 3.8) is 0 Å². The third kappa shape index (κ3) is 5.25. The van der Waals surface area contributed by atoms with Crippen molar-refractivity contribution in [1.29, 1.82) is 0 Å². The lowest BCUT2D eigenvalue weighted by atomic mass is 10.0. The number of nitrogens with zero attached hydrogens (tertiary/aromatic N) is 2. The molecule has 0 aliphatic rings. The highest BCUT2D eigenvalue weighted by atomic mass is 32.2. The van der Waals surface area contributed by atoms with E-state index in [4.69, 9.17) is 9.84 Å². The van der Waals surface area contributed by atoms with Crippen LogP contribution in [-0.2, 0) is 4.79 Å². The van der Waals surface area contributed by atoms with Crippen LogP contribution in [-0.4, -0.2) is 26.5 Å². The molecule has 6 heteroatoms. The average Bonchev–Trinajstić information content (AvgIpc) is 3.33. The molecule has 1 heterocycles. The van der Waals surface area contributed by atoms with E-state index in [-0.39, 0.29) is 5.25 Å². The molecule has 0 aliphatic heterocycles. The van der Waals surface area contributed by atoms with Crippen LogP contribution in [0.4, 0.5) is 0 Å². The van der Waals surface area contributed by atoms with Crippen LogP contribution >= 0.6 is 11.8 Å². The second-order valence-electron chi connectivity index (χ2n) is 9.47. The van der Waals surface area contributed by atoms with Gasteiger partial charge in [0.1, 0.15) is 5.75 Å². The molecule has 0 radical (unpaired) electrons. The molecule has 37 heavy (non-hydrogen) atoms. The predicted octanol–water partition coefficient (Wildman–Crippen LogP) is 7.46. The van der Waals surface area contributed by atoms with Gasteiger partial charge in [0, 0.05) is 10.3 Å². The minimum absolute atomic E-state index is 0.0304. The lowest BCUT2D eigenvalue weighted by molar-refractivity contribution is -0.152. The van der Waals surface area contributed by atoms with E-state index in [1.165, 1.54) is 16.7 Å². The fourth-order valence-corrected chi connectivity index (χ4v) is 5.38. The van der Waals surface area contributed by atoms with Crippen molar-refractivity contribution >= 4 is 28.6 Å². The number of carboxylic acid groups (broad SMARTS) is 1. The Labute approximate surface area is 220 Å².